The molecule has 18 heavy (non-hydrogen) atoms. The van der Waals surface area contributed by atoms with Gasteiger partial charge in [-0.05, 0) is 31.9 Å². The fourth-order valence-electron chi connectivity index (χ4n) is 1.70. The van der Waals surface area contributed by atoms with Gasteiger partial charge in [0.25, 0.3) is 5.69 Å². The molecule has 1 aromatic rings. The van der Waals surface area contributed by atoms with E-state index in [0.717, 1.165) is 31.4 Å². The van der Waals surface area contributed by atoms with Gasteiger partial charge in [0, 0.05) is 24.6 Å². The molecule has 0 aromatic heterocycles. The normalized spacial score (nSPS) is 11.8. The van der Waals surface area contributed by atoms with Gasteiger partial charge in [-0.1, -0.05) is 12.1 Å². The van der Waals surface area contributed by atoms with E-state index in [1.165, 1.54) is 6.07 Å². The average molecular weight is 246 g/mol. The van der Waals surface area contributed by atoms with Crippen molar-refractivity contribution in [2.45, 2.75) is 32.2 Å². The summed E-state index contributed by atoms with van der Waals surface area (Å²) in [4.78, 5) is 10.3. The number of nitro groups is 1. The summed E-state index contributed by atoms with van der Waals surface area (Å²) in [5.74, 6) is 2.60. The van der Waals surface area contributed by atoms with Gasteiger partial charge < -0.3 is 5.32 Å². The van der Waals surface area contributed by atoms with Crippen LogP contribution in [0.15, 0.2) is 24.3 Å². The first-order valence-electron chi connectivity index (χ1n) is 6.06. The fourth-order valence-corrected chi connectivity index (χ4v) is 1.70. The third kappa shape index (κ3) is 4.56. The monoisotopic (exact) mass is 246 g/mol. The Labute approximate surface area is 108 Å². The van der Waals surface area contributed by atoms with E-state index in [2.05, 4.69) is 11.2 Å². The zero-order chi connectivity index (χ0) is 13.4. The van der Waals surface area contributed by atoms with Gasteiger partial charge in [0.2, 0.25) is 0 Å². The van der Waals surface area contributed by atoms with E-state index < -0.39 is 0 Å². The number of nitro benzene ring substituents is 1. The van der Waals surface area contributed by atoms with E-state index >= 15 is 0 Å². The van der Waals surface area contributed by atoms with Gasteiger partial charge in [-0.2, -0.15) is 0 Å². The summed E-state index contributed by atoms with van der Waals surface area (Å²) in [5.41, 5.74) is 1.06. The summed E-state index contributed by atoms with van der Waals surface area (Å²) in [6, 6.07) is 6.83. The Morgan fingerprint density at radius 3 is 2.94 bits per heavy atom. The van der Waals surface area contributed by atoms with Crippen LogP contribution in [0.4, 0.5) is 5.69 Å². The zero-order valence-electron chi connectivity index (χ0n) is 10.6. The van der Waals surface area contributed by atoms with Crippen LogP contribution in [-0.2, 0) is 0 Å². The summed E-state index contributed by atoms with van der Waals surface area (Å²) in [7, 11) is 0. The first-order chi connectivity index (χ1) is 8.65. The number of terminal acetylenes is 1. The molecule has 96 valence electrons. The van der Waals surface area contributed by atoms with Crippen molar-refractivity contribution in [2.24, 2.45) is 0 Å². The Morgan fingerprint density at radius 1 is 1.50 bits per heavy atom. The molecule has 4 nitrogen and oxygen atoms in total. The van der Waals surface area contributed by atoms with Crippen molar-refractivity contribution in [2.75, 3.05) is 6.54 Å². The smallest absolute Gasteiger partial charge is 0.269 e. The second kappa shape index (κ2) is 7.46. The number of hydrogen-bond acceptors (Lipinski definition) is 3. The maximum atomic E-state index is 10.7. The number of unbranched alkanes of at least 4 members (excludes halogenated alkanes) is 2. The summed E-state index contributed by atoms with van der Waals surface area (Å²) >= 11 is 0. The SMILES string of the molecule is C#CCCCCNC(C)c1cccc([N+](=O)[O-])c1. The molecule has 0 aliphatic carbocycles. The summed E-state index contributed by atoms with van der Waals surface area (Å²) in [5, 5.41) is 14.0. The highest BCUT2D eigenvalue weighted by Gasteiger charge is 2.09. The van der Waals surface area contributed by atoms with Crippen molar-refractivity contribution in [3.8, 4) is 12.3 Å². The van der Waals surface area contributed by atoms with Crippen LogP contribution < -0.4 is 5.32 Å². The number of hydrogen-bond donors (Lipinski definition) is 1. The molecule has 0 heterocycles. The molecule has 0 fully saturated rings. The van der Waals surface area contributed by atoms with Gasteiger partial charge in [0.05, 0.1) is 4.92 Å². The molecular formula is C14H18N2O2. The van der Waals surface area contributed by atoms with Crippen molar-refractivity contribution in [3.05, 3.63) is 39.9 Å². The minimum atomic E-state index is -0.372. The number of benzene rings is 1. The Kier molecular flexibility index (Phi) is 5.89. The zero-order valence-corrected chi connectivity index (χ0v) is 10.6. The van der Waals surface area contributed by atoms with E-state index in [1.54, 1.807) is 12.1 Å². The Hall–Kier alpha value is -1.86. The standard InChI is InChI=1S/C14H18N2O2/c1-3-4-5-6-10-15-12(2)13-8-7-9-14(11-13)16(17)18/h1,7-9,11-12,15H,4-6,10H2,2H3. The van der Waals surface area contributed by atoms with Crippen LogP contribution in [0.25, 0.3) is 0 Å². The molecule has 1 N–H and O–H groups in total. The first kappa shape index (κ1) is 14.2. The molecular weight excluding hydrogens is 228 g/mol. The maximum absolute atomic E-state index is 10.7. The molecule has 0 aliphatic rings. The molecule has 1 unspecified atom stereocenters. The molecule has 0 saturated carbocycles. The van der Waals surface area contributed by atoms with Gasteiger partial charge in [-0.3, -0.25) is 10.1 Å². The minimum absolute atomic E-state index is 0.107. The molecule has 0 saturated heterocycles. The molecule has 1 atom stereocenters. The van der Waals surface area contributed by atoms with Crippen LogP contribution >= 0.6 is 0 Å². The van der Waals surface area contributed by atoms with Crippen molar-refractivity contribution >= 4 is 5.69 Å². The number of non-ortho nitro benzene ring substituents is 1. The predicted octanol–water partition coefficient (Wildman–Crippen LogP) is 3.05. The topological polar surface area (TPSA) is 55.2 Å². The Bertz CT molecular complexity index is 438. The average Bonchev–Trinajstić information content (AvgIpc) is 2.38. The fraction of sp³-hybridized carbons (Fsp3) is 0.429. The third-order valence-electron chi connectivity index (χ3n) is 2.78. The highest BCUT2D eigenvalue weighted by atomic mass is 16.6. The van der Waals surface area contributed by atoms with Gasteiger partial charge in [0.1, 0.15) is 0 Å². The van der Waals surface area contributed by atoms with E-state index in [0.29, 0.717) is 0 Å². The molecule has 4 heteroatoms. The quantitative estimate of drug-likeness (QED) is 0.348. The lowest BCUT2D eigenvalue weighted by atomic mass is 10.1. The molecule has 0 bridgehead atoms. The number of rotatable bonds is 7. The molecule has 0 radical (unpaired) electrons. The van der Waals surface area contributed by atoms with Gasteiger partial charge in [-0.25, -0.2) is 0 Å². The van der Waals surface area contributed by atoms with Gasteiger partial charge in [-0.15, -0.1) is 12.3 Å². The van der Waals surface area contributed by atoms with Crippen molar-refractivity contribution in [1.82, 2.24) is 5.32 Å². The van der Waals surface area contributed by atoms with E-state index in [4.69, 9.17) is 6.42 Å². The van der Waals surface area contributed by atoms with Gasteiger partial charge in [0.15, 0.2) is 0 Å². The Morgan fingerprint density at radius 2 is 2.28 bits per heavy atom. The second-order valence-corrected chi connectivity index (χ2v) is 4.19. The highest BCUT2D eigenvalue weighted by molar-refractivity contribution is 5.35. The van der Waals surface area contributed by atoms with Crippen LogP contribution in [0.2, 0.25) is 0 Å². The first-order valence-corrected chi connectivity index (χ1v) is 6.06. The number of nitrogens with zero attached hydrogens (tertiary/aromatic N) is 1. The van der Waals surface area contributed by atoms with Crippen molar-refractivity contribution < 1.29 is 4.92 Å². The number of nitrogens with one attached hydrogen (secondary N) is 1. The van der Waals surface area contributed by atoms with Gasteiger partial charge >= 0.3 is 0 Å². The van der Waals surface area contributed by atoms with Crippen LogP contribution in [0.3, 0.4) is 0 Å². The van der Waals surface area contributed by atoms with Crippen molar-refractivity contribution in [1.29, 1.82) is 0 Å². The lowest BCUT2D eigenvalue weighted by molar-refractivity contribution is -0.384. The summed E-state index contributed by atoms with van der Waals surface area (Å²) in [6.45, 7) is 2.87. The molecule has 0 amide bonds. The lowest BCUT2D eigenvalue weighted by Gasteiger charge is -2.13. The predicted molar refractivity (Wildman–Crippen MR) is 72.2 cm³/mol. The van der Waals surface area contributed by atoms with Crippen LogP contribution in [0.1, 0.15) is 37.8 Å². The second-order valence-electron chi connectivity index (χ2n) is 4.19. The van der Waals surface area contributed by atoms with E-state index in [9.17, 15) is 10.1 Å². The van der Waals surface area contributed by atoms with Crippen LogP contribution in [0, 0.1) is 22.5 Å². The van der Waals surface area contributed by atoms with E-state index in [1.807, 2.05) is 13.0 Å². The lowest BCUT2D eigenvalue weighted by Crippen LogP contribution is -2.19. The molecule has 0 spiro atoms. The third-order valence-corrected chi connectivity index (χ3v) is 2.78. The minimum Gasteiger partial charge on any atom is -0.310 e. The molecule has 1 aromatic carbocycles. The summed E-state index contributed by atoms with van der Waals surface area (Å²) < 4.78 is 0. The summed E-state index contributed by atoms with van der Waals surface area (Å²) in [6.07, 6.45) is 7.99. The molecule has 0 aliphatic heterocycles. The van der Waals surface area contributed by atoms with Crippen molar-refractivity contribution in [3.63, 3.8) is 0 Å². The molecule has 1 rings (SSSR count). The van der Waals surface area contributed by atoms with Crippen LogP contribution in [0.5, 0.6) is 0 Å². The van der Waals surface area contributed by atoms with E-state index in [-0.39, 0.29) is 16.7 Å². The highest BCUT2D eigenvalue weighted by Crippen LogP contribution is 2.18. The maximum Gasteiger partial charge on any atom is 0.269 e. The van der Waals surface area contributed by atoms with Crippen LogP contribution in [-0.4, -0.2) is 11.5 Å². The largest absolute Gasteiger partial charge is 0.310 e. The Balaban J connectivity index is 2.46.